The molecule has 2 aromatic rings. The summed E-state index contributed by atoms with van der Waals surface area (Å²) in [5.41, 5.74) is 9.84. The number of thiocarbonyl (C=S) groups is 1. The van der Waals surface area contributed by atoms with Gasteiger partial charge in [0, 0.05) is 15.7 Å². The Bertz CT molecular complexity index is 619. The van der Waals surface area contributed by atoms with Crippen LogP contribution in [0.25, 0.3) is 5.69 Å². The Kier molecular flexibility index (Phi) is 4.37. The van der Waals surface area contributed by atoms with Crippen molar-refractivity contribution in [1.82, 2.24) is 9.78 Å². The quantitative estimate of drug-likeness (QED) is 0.869. The van der Waals surface area contributed by atoms with Crippen LogP contribution in [0.5, 0.6) is 0 Å². The molecule has 0 unspecified atom stereocenters. The van der Waals surface area contributed by atoms with Gasteiger partial charge in [-0.1, -0.05) is 32.1 Å². The van der Waals surface area contributed by atoms with E-state index in [4.69, 9.17) is 18.0 Å². The number of nitrogens with zero attached hydrogens (tertiary/aromatic N) is 2. The summed E-state index contributed by atoms with van der Waals surface area (Å²) in [5, 5.41) is 4.63. The van der Waals surface area contributed by atoms with Crippen LogP contribution in [-0.4, -0.2) is 14.8 Å². The molecule has 5 heteroatoms. The zero-order valence-corrected chi connectivity index (χ0v) is 13.4. The summed E-state index contributed by atoms with van der Waals surface area (Å²) < 4.78 is 2.84. The number of hydrogen-bond donors (Lipinski definition) is 1. The summed E-state index contributed by atoms with van der Waals surface area (Å²) in [4.78, 5) is 0.373. The second-order valence-corrected chi connectivity index (χ2v) is 5.54. The van der Waals surface area contributed by atoms with Gasteiger partial charge < -0.3 is 5.73 Å². The summed E-state index contributed by atoms with van der Waals surface area (Å²) in [5.74, 6) is 0. The van der Waals surface area contributed by atoms with Crippen LogP contribution in [0.2, 0.25) is 0 Å². The minimum Gasteiger partial charge on any atom is -0.389 e. The van der Waals surface area contributed by atoms with Crippen LogP contribution in [0.15, 0.2) is 28.7 Å². The van der Waals surface area contributed by atoms with Gasteiger partial charge in [0.1, 0.15) is 4.99 Å². The molecule has 0 fully saturated rings. The first-order chi connectivity index (χ1) is 9.08. The van der Waals surface area contributed by atoms with Crippen LogP contribution < -0.4 is 5.73 Å². The van der Waals surface area contributed by atoms with E-state index >= 15 is 0 Å². The molecule has 0 amide bonds. The molecule has 0 saturated heterocycles. The molecule has 0 aliphatic rings. The van der Waals surface area contributed by atoms with Gasteiger partial charge in [0.25, 0.3) is 0 Å². The largest absolute Gasteiger partial charge is 0.389 e. The molecule has 100 valence electrons. The predicted octanol–water partition coefficient (Wildman–Crippen LogP) is 3.39. The highest BCUT2D eigenvalue weighted by atomic mass is 79.9. The monoisotopic (exact) mass is 337 g/mol. The maximum absolute atomic E-state index is 5.84. The van der Waals surface area contributed by atoms with Gasteiger partial charge in [-0.25, -0.2) is 4.68 Å². The Hall–Kier alpha value is -1.20. The number of benzene rings is 1. The van der Waals surface area contributed by atoms with E-state index in [-0.39, 0.29) is 0 Å². The van der Waals surface area contributed by atoms with E-state index in [1.165, 1.54) is 0 Å². The average molecular weight is 338 g/mol. The second-order valence-electron chi connectivity index (χ2n) is 4.24. The van der Waals surface area contributed by atoms with Crippen molar-refractivity contribution in [2.45, 2.75) is 26.7 Å². The summed E-state index contributed by atoms with van der Waals surface area (Å²) in [7, 11) is 0. The summed E-state index contributed by atoms with van der Waals surface area (Å²) in [6, 6.07) is 8.02. The molecule has 1 aromatic heterocycles. The van der Waals surface area contributed by atoms with Gasteiger partial charge in [-0.15, -0.1) is 0 Å². The van der Waals surface area contributed by atoms with Gasteiger partial charge in [0.05, 0.1) is 11.4 Å². The molecule has 0 aliphatic carbocycles. The average Bonchev–Trinajstić information content (AvgIpc) is 2.81. The highest BCUT2D eigenvalue weighted by Gasteiger charge is 2.15. The highest BCUT2D eigenvalue weighted by molar-refractivity contribution is 9.10. The Morgan fingerprint density at radius 1 is 1.37 bits per heavy atom. The molecule has 1 heterocycles. The van der Waals surface area contributed by atoms with Crippen molar-refractivity contribution in [3.05, 3.63) is 45.7 Å². The number of halogens is 1. The third-order valence-electron chi connectivity index (χ3n) is 3.02. The van der Waals surface area contributed by atoms with E-state index in [1.807, 2.05) is 22.9 Å². The van der Waals surface area contributed by atoms with Gasteiger partial charge >= 0.3 is 0 Å². The first kappa shape index (κ1) is 14.2. The SMILES string of the molecule is CCc1cc(CC)n(-c2cccc(Br)c2C(N)=S)n1. The zero-order valence-electron chi connectivity index (χ0n) is 11.0. The Morgan fingerprint density at radius 2 is 2.11 bits per heavy atom. The lowest BCUT2D eigenvalue weighted by Crippen LogP contribution is -2.15. The van der Waals surface area contributed by atoms with Gasteiger partial charge in [0.2, 0.25) is 0 Å². The van der Waals surface area contributed by atoms with Gasteiger partial charge in [0.15, 0.2) is 0 Å². The first-order valence-electron chi connectivity index (χ1n) is 6.25. The highest BCUT2D eigenvalue weighted by Crippen LogP contribution is 2.25. The molecule has 19 heavy (non-hydrogen) atoms. The van der Waals surface area contributed by atoms with Crippen LogP contribution in [0.3, 0.4) is 0 Å². The molecule has 0 saturated carbocycles. The number of nitrogens with two attached hydrogens (primary N) is 1. The fourth-order valence-electron chi connectivity index (χ4n) is 2.04. The fraction of sp³-hybridized carbons (Fsp3) is 0.286. The molecule has 0 radical (unpaired) electrons. The molecule has 2 rings (SSSR count). The Balaban J connectivity index is 2.68. The third kappa shape index (κ3) is 2.72. The van der Waals surface area contributed by atoms with E-state index in [1.54, 1.807) is 0 Å². The first-order valence-corrected chi connectivity index (χ1v) is 7.45. The summed E-state index contributed by atoms with van der Waals surface area (Å²) in [6.07, 6.45) is 1.83. The second kappa shape index (κ2) is 5.84. The van der Waals surface area contributed by atoms with Gasteiger partial charge in [-0.2, -0.15) is 5.10 Å². The molecular formula is C14H16BrN3S. The molecule has 3 nitrogen and oxygen atoms in total. The maximum Gasteiger partial charge on any atom is 0.107 e. The van der Waals surface area contributed by atoms with Crippen LogP contribution in [0, 0.1) is 0 Å². The van der Waals surface area contributed by atoms with Crippen molar-refractivity contribution < 1.29 is 0 Å². The van der Waals surface area contributed by atoms with Crippen molar-refractivity contribution in [2.24, 2.45) is 5.73 Å². The summed E-state index contributed by atoms with van der Waals surface area (Å²) in [6.45, 7) is 4.22. The number of rotatable bonds is 4. The van der Waals surface area contributed by atoms with Crippen LogP contribution in [-0.2, 0) is 12.8 Å². The minimum absolute atomic E-state index is 0.373. The van der Waals surface area contributed by atoms with Crippen molar-refractivity contribution in [3.8, 4) is 5.69 Å². The number of aromatic nitrogens is 2. The lowest BCUT2D eigenvalue weighted by atomic mass is 10.1. The Morgan fingerprint density at radius 3 is 2.68 bits per heavy atom. The standard InChI is InChI=1S/C14H16BrN3S/c1-3-9-8-10(4-2)18(17-9)12-7-5-6-11(15)13(12)14(16)19/h5-8H,3-4H2,1-2H3,(H2,16,19). The van der Waals surface area contributed by atoms with Crippen molar-refractivity contribution in [2.75, 3.05) is 0 Å². The lowest BCUT2D eigenvalue weighted by molar-refractivity contribution is 0.792. The van der Waals surface area contributed by atoms with Gasteiger partial charge in [-0.05, 0) is 47.0 Å². The van der Waals surface area contributed by atoms with Crippen molar-refractivity contribution in [1.29, 1.82) is 0 Å². The molecule has 0 aliphatic heterocycles. The maximum atomic E-state index is 5.84. The van der Waals surface area contributed by atoms with Crippen molar-refractivity contribution in [3.63, 3.8) is 0 Å². The molecular weight excluding hydrogens is 322 g/mol. The smallest absolute Gasteiger partial charge is 0.107 e. The minimum atomic E-state index is 0.373. The lowest BCUT2D eigenvalue weighted by Gasteiger charge is -2.12. The van der Waals surface area contributed by atoms with E-state index in [0.29, 0.717) is 4.99 Å². The summed E-state index contributed by atoms with van der Waals surface area (Å²) >= 11 is 8.67. The topological polar surface area (TPSA) is 43.8 Å². The number of aryl methyl sites for hydroxylation is 2. The normalized spacial score (nSPS) is 10.7. The molecule has 0 spiro atoms. The van der Waals surface area contributed by atoms with Crippen LogP contribution >= 0.6 is 28.1 Å². The fourth-order valence-corrected chi connectivity index (χ4v) is 2.96. The molecule has 0 bridgehead atoms. The number of hydrogen-bond acceptors (Lipinski definition) is 2. The van der Waals surface area contributed by atoms with Crippen LogP contribution in [0.4, 0.5) is 0 Å². The third-order valence-corrected chi connectivity index (χ3v) is 3.89. The molecule has 1 aromatic carbocycles. The zero-order chi connectivity index (χ0) is 14.0. The van der Waals surface area contributed by atoms with Gasteiger partial charge in [-0.3, -0.25) is 0 Å². The predicted molar refractivity (Wildman–Crippen MR) is 85.9 cm³/mol. The van der Waals surface area contributed by atoms with Crippen LogP contribution in [0.1, 0.15) is 30.8 Å². The van der Waals surface area contributed by atoms with E-state index < -0.39 is 0 Å². The van der Waals surface area contributed by atoms with E-state index in [0.717, 1.165) is 40.0 Å². The molecule has 0 atom stereocenters. The van der Waals surface area contributed by atoms with E-state index in [9.17, 15) is 0 Å². The molecule has 2 N–H and O–H groups in total. The van der Waals surface area contributed by atoms with E-state index in [2.05, 4.69) is 40.9 Å². The Labute approximate surface area is 126 Å². The van der Waals surface area contributed by atoms with Crippen molar-refractivity contribution >= 4 is 33.1 Å².